The Labute approximate surface area is 129 Å². The first-order chi connectivity index (χ1) is 10.1. The van der Waals surface area contributed by atoms with Gasteiger partial charge in [-0.25, -0.2) is 4.98 Å². The largest absolute Gasteiger partial charge is 0.384 e. The van der Waals surface area contributed by atoms with Gasteiger partial charge < -0.3 is 14.4 Å². The molecule has 21 heavy (non-hydrogen) atoms. The van der Waals surface area contributed by atoms with E-state index in [-0.39, 0.29) is 11.5 Å². The van der Waals surface area contributed by atoms with E-state index in [1.165, 1.54) is 11.3 Å². The smallest absolute Gasteiger partial charge is 0.273 e. The van der Waals surface area contributed by atoms with Gasteiger partial charge in [-0.1, -0.05) is 6.42 Å². The van der Waals surface area contributed by atoms with Crippen molar-refractivity contribution in [2.24, 2.45) is 5.92 Å². The standard InChI is InChI=1S/C15H22N2O3S/c1-11-16-13(9-21-11)14(18)17-6-7-20-15(10-17)5-3-4-12(15)8-19-2/h9,12H,3-8,10H2,1-2H3/t12-,15+/m0/s1. The van der Waals surface area contributed by atoms with Crippen LogP contribution in [-0.4, -0.2) is 54.8 Å². The van der Waals surface area contributed by atoms with Gasteiger partial charge in [-0.05, 0) is 19.8 Å². The predicted molar refractivity (Wildman–Crippen MR) is 80.7 cm³/mol. The van der Waals surface area contributed by atoms with Crippen molar-refractivity contribution in [3.05, 3.63) is 16.1 Å². The fourth-order valence-corrected chi connectivity index (χ4v) is 4.14. The summed E-state index contributed by atoms with van der Waals surface area (Å²) >= 11 is 1.52. The summed E-state index contributed by atoms with van der Waals surface area (Å²) in [6.45, 7) is 4.55. The number of morpholine rings is 1. The van der Waals surface area contributed by atoms with Crippen LogP contribution in [0.3, 0.4) is 0 Å². The fourth-order valence-electron chi connectivity index (χ4n) is 3.55. The molecule has 1 spiro atoms. The number of carbonyl (C=O) groups excluding carboxylic acids is 1. The van der Waals surface area contributed by atoms with E-state index in [2.05, 4.69) is 4.98 Å². The Morgan fingerprint density at radius 1 is 1.67 bits per heavy atom. The molecule has 116 valence electrons. The molecule has 1 saturated heterocycles. The Morgan fingerprint density at radius 2 is 2.52 bits per heavy atom. The van der Waals surface area contributed by atoms with Crippen molar-refractivity contribution < 1.29 is 14.3 Å². The molecule has 2 fully saturated rings. The van der Waals surface area contributed by atoms with Crippen LogP contribution < -0.4 is 0 Å². The van der Waals surface area contributed by atoms with Gasteiger partial charge in [0.05, 0.1) is 30.4 Å². The van der Waals surface area contributed by atoms with Crippen LogP contribution >= 0.6 is 11.3 Å². The third-order valence-corrected chi connectivity index (χ3v) is 5.37. The lowest BCUT2D eigenvalue weighted by atomic mass is 9.89. The molecular weight excluding hydrogens is 288 g/mol. The summed E-state index contributed by atoms with van der Waals surface area (Å²) in [6, 6.07) is 0. The van der Waals surface area contributed by atoms with Crippen molar-refractivity contribution in [1.29, 1.82) is 0 Å². The zero-order valence-corrected chi connectivity index (χ0v) is 13.4. The first-order valence-electron chi connectivity index (χ1n) is 7.49. The molecule has 1 aromatic heterocycles. The second-order valence-corrected chi connectivity index (χ2v) is 7.00. The molecule has 1 amide bonds. The van der Waals surface area contributed by atoms with Gasteiger partial charge in [-0.2, -0.15) is 0 Å². The van der Waals surface area contributed by atoms with E-state index in [4.69, 9.17) is 9.47 Å². The zero-order valence-electron chi connectivity index (χ0n) is 12.6. The van der Waals surface area contributed by atoms with Crippen LogP contribution in [-0.2, 0) is 9.47 Å². The van der Waals surface area contributed by atoms with Crippen molar-refractivity contribution >= 4 is 17.2 Å². The fraction of sp³-hybridized carbons (Fsp3) is 0.733. The molecule has 1 saturated carbocycles. The van der Waals surface area contributed by atoms with Crippen molar-refractivity contribution in [3.8, 4) is 0 Å². The maximum absolute atomic E-state index is 12.6. The SMILES string of the molecule is COC[C@@H]1CCC[C@@]12CN(C(=O)c1csc(C)n1)CCO2. The van der Waals surface area contributed by atoms with E-state index in [1.54, 1.807) is 7.11 Å². The zero-order chi connectivity index (χ0) is 14.9. The number of aromatic nitrogens is 1. The Morgan fingerprint density at radius 3 is 3.24 bits per heavy atom. The summed E-state index contributed by atoms with van der Waals surface area (Å²) in [5, 5.41) is 2.78. The molecule has 1 aliphatic heterocycles. The lowest BCUT2D eigenvalue weighted by Gasteiger charge is -2.43. The highest BCUT2D eigenvalue weighted by atomic mass is 32.1. The quantitative estimate of drug-likeness (QED) is 0.858. The number of methoxy groups -OCH3 is 1. The van der Waals surface area contributed by atoms with Crippen LogP contribution in [0.1, 0.15) is 34.8 Å². The van der Waals surface area contributed by atoms with E-state index < -0.39 is 0 Å². The van der Waals surface area contributed by atoms with E-state index in [1.807, 2.05) is 17.2 Å². The molecule has 0 aromatic carbocycles. The number of ether oxygens (including phenoxy) is 2. The van der Waals surface area contributed by atoms with Gasteiger partial charge in [0.2, 0.25) is 0 Å². The van der Waals surface area contributed by atoms with Crippen molar-refractivity contribution in [1.82, 2.24) is 9.88 Å². The van der Waals surface area contributed by atoms with Crippen molar-refractivity contribution in [3.63, 3.8) is 0 Å². The normalized spacial score (nSPS) is 29.2. The highest BCUT2D eigenvalue weighted by Crippen LogP contribution is 2.41. The van der Waals surface area contributed by atoms with Gasteiger partial charge in [-0.3, -0.25) is 4.79 Å². The summed E-state index contributed by atoms with van der Waals surface area (Å²) in [7, 11) is 1.73. The Kier molecular flexibility index (Phi) is 4.28. The second-order valence-electron chi connectivity index (χ2n) is 5.94. The minimum atomic E-state index is -0.213. The molecule has 1 aliphatic carbocycles. The Bertz CT molecular complexity index is 519. The van der Waals surface area contributed by atoms with Gasteiger partial charge in [0, 0.05) is 25.0 Å². The Balaban J connectivity index is 1.75. The van der Waals surface area contributed by atoms with Gasteiger partial charge in [0.1, 0.15) is 5.69 Å². The average Bonchev–Trinajstić information content (AvgIpc) is 3.07. The van der Waals surface area contributed by atoms with Crippen LogP contribution in [0.15, 0.2) is 5.38 Å². The number of rotatable bonds is 3. The molecule has 0 unspecified atom stereocenters. The number of hydrogen-bond donors (Lipinski definition) is 0. The summed E-state index contributed by atoms with van der Waals surface area (Å²) in [6.07, 6.45) is 3.28. The molecule has 0 radical (unpaired) electrons. The molecule has 1 aromatic rings. The maximum atomic E-state index is 12.6. The van der Waals surface area contributed by atoms with E-state index in [0.29, 0.717) is 37.9 Å². The van der Waals surface area contributed by atoms with Crippen LogP contribution in [0.5, 0.6) is 0 Å². The molecule has 0 bridgehead atoms. The van der Waals surface area contributed by atoms with Gasteiger partial charge >= 0.3 is 0 Å². The van der Waals surface area contributed by atoms with Crippen LogP contribution in [0.4, 0.5) is 0 Å². The molecular formula is C15H22N2O3S. The molecule has 2 atom stereocenters. The summed E-state index contributed by atoms with van der Waals surface area (Å²) in [5.74, 6) is 0.417. The molecule has 2 aliphatic rings. The van der Waals surface area contributed by atoms with Crippen LogP contribution in [0, 0.1) is 12.8 Å². The number of thiazole rings is 1. The lowest BCUT2D eigenvalue weighted by molar-refractivity contribution is -0.130. The minimum absolute atomic E-state index is 0.0325. The topological polar surface area (TPSA) is 51.7 Å². The minimum Gasteiger partial charge on any atom is -0.384 e. The highest BCUT2D eigenvalue weighted by molar-refractivity contribution is 7.09. The highest BCUT2D eigenvalue weighted by Gasteiger charge is 2.47. The van der Waals surface area contributed by atoms with Gasteiger partial charge in [0.15, 0.2) is 0 Å². The third kappa shape index (κ3) is 2.84. The molecule has 3 rings (SSSR count). The maximum Gasteiger partial charge on any atom is 0.273 e. The van der Waals surface area contributed by atoms with E-state index in [0.717, 1.165) is 24.3 Å². The first kappa shape index (κ1) is 14.9. The number of aryl methyl sites for hydroxylation is 1. The molecule has 0 N–H and O–H groups in total. The molecule has 2 heterocycles. The summed E-state index contributed by atoms with van der Waals surface area (Å²) in [4.78, 5) is 18.8. The second kappa shape index (κ2) is 6.02. The Hall–Kier alpha value is -0.980. The number of carbonyl (C=O) groups is 1. The summed E-state index contributed by atoms with van der Waals surface area (Å²) in [5.41, 5.74) is 0.352. The van der Waals surface area contributed by atoms with Crippen LogP contribution in [0.25, 0.3) is 0 Å². The van der Waals surface area contributed by atoms with E-state index >= 15 is 0 Å². The first-order valence-corrected chi connectivity index (χ1v) is 8.37. The predicted octanol–water partition coefficient (Wildman–Crippen LogP) is 2.11. The molecule has 6 heteroatoms. The number of nitrogens with zero attached hydrogens (tertiary/aromatic N) is 2. The van der Waals surface area contributed by atoms with Gasteiger partial charge in [-0.15, -0.1) is 11.3 Å². The average molecular weight is 310 g/mol. The number of hydrogen-bond acceptors (Lipinski definition) is 5. The van der Waals surface area contributed by atoms with Crippen molar-refractivity contribution in [2.75, 3.05) is 33.4 Å². The van der Waals surface area contributed by atoms with E-state index in [9.17, 15) is 4.79 Å². The van der Waals surface area contributed by atoms with Crippen molar-refractivity contribution in [2.45, 2.75) is 31.8 Å². The lowest BCUT2D eigenvalue weighted by Crippen LogP contribution is -2.56. The monoisotopic (exact) mass is 310 g/mol. The third-order valence-electron chi connectivity index (χ3n) is 4.60. The molecule has 5 nitrogen and oxygen atoms in total. The van der Waals surface area contributed by atoms with Crippen LogP contribution in [0.2, 0.25) is 0 Å². The number of amides is 1. The summed E-state index contributed by atoms with van der Waals surface area (Å²) < 4.78 is 11.5. The van der Waals surface area contributed by atoms with Gasteiger partial charge in [0.25, 0.3) is 5.91 Å².